The van der Waals surface area contributed by atoms with E-state index in [2.05, 4.69) is 10.2 Å². The monoisotopic (exact) mass is 390 g/mol. The Morgan fingerprint density at radius 1 is 1.33 bits per heavy atom. The Kier molecular flexibility index (Phi) is 6.33. The molecule has 0 saturated carbocycles. The van der Waals surface area contributed by atoms with E-state index < -0.39 is 0 Å². The van der Waals surface area contributed by atoms with Crippen molar-refractivity contribution in [1.82, 2.24) is 15.1 Å². The molecule has 0 unspecified atom stereocenters. The zero-order chi connectivity index (χ0) is 19.2. The Labute approximate surface area is 161 Å². The number of aromatic nitrogens is 2. The van der Waals surface area contributed by atoms with Crippen molar-refractivity contribution in [2.75, 3.05) is 25.4 Å². The molecular formula is C18H22N4O4S. The van der Waals surface area contributed by atoms with Crippen LogP contribution in [0.2, 0.25) is 0 Å². The van der Waals surface area contributed by atoms with Crippen molar-refractivity contribution in [3.8, 4) is 17.2 Å². The number of likely N-dealkylation sites (tertiary alicyclic amines) is 1. The summed E-state index contributed by atoms with van der Waals surface area (Å²) in [6.07, 6.45) is 1.52. The second-order valence-corrected chi connectivity index (χ2v) is 7.13. The molecule has 1 fully saturated rings. The number of ether oxygens (including phenoxy) is 1. The summed E-state index contributed by atoms with van der Waals surface area (Å²) >= 11 is 1.19. The van der Waals surface area contributed by atoms with Crippen molar-refractivity contribution in [2.45, 2.75) is 25.0 Å². The molecule has 1 saturated heterocycles. The van der Waals surface area contributed by atoms with Crippen LogP contribution in [0.1, 0.15) is 19.8 Å². The van der Waals surface area contributed by atoms with Gasteiger partial charge in [0, 0.05) is 18.7 Å². The number of hydrogen-bond donors (Lipinski definition) is 1. The van der Waals surface area contributed by atoms with Crippen LogP contribution in [-0.2, 0) is 9.59 Å². The first-order chi connectivity index (χ1) is 13.1. The SMILES string of the molecule is CCOc1ccc(-c2nnc(SCC(=O)N3CCC[C@@H](C(N)=O)C3)o2)cc1. The maximum atomic E-state index is 12.4. The van der Waals surface area contributed by atoms with Crippen molar-refractivity contribution in [1.29, 1.82) is 0 Å². The Bertz CT molecular complexity index is 793. The van der Waals surface area contributed by atoms with Gasteiger partial charge in [0.2, 0.25) is 17.7 Å². The molecule has 1 aromatic heterocycles. The van der Waals surface area contributed by atoms with E-state index in [0.29, 0.717) is 30.8 Å². The van der Waals surface area contributed by atoms with Gasteiger partial charge in [0.15, 0.2) is 0 Å². The van der Waals surface area contributed by atoms with Crippen LogP contribution in [-0.4, -0.2) is 52.4 Å². The molecule has 2 heterocycles. The van der Waals surface area contributed by atoms with Gasteiger partial charge in [0.1, 0.15) is 5.75 Å². The van der Waals surface area contributed by atoms with Crippen molar-refractivity contribution >= 4 is 23.6 Å². The van der Waals surface area contributed by atoms with Crippen LogP contribution in [0.5, 0.6) is 5.75 Å². The van der Waals surface area contributed by atoms with E-state index in [4.69, 9.17) is 14.9 Å². The minimum atomic E-state index is -0.350. The number of amides is 2. The summed E-state index contributed by atoms with van der Waals surface area (Å²) in [4.78, 5) is 25.4. The van der Waals surface area contributed by atoms with E-state index in [1.165, 1.54) is 11.8 Å². The zero-order valence-corrected chi connectivity index (χ0v) is 15.9. The largest absolute Gasteiger partial charge is 0.494 e. The topological polar surface area (TPSA) is 112 Å². The highest BCUT2D eigenvalue weighted by Gasteiger charge is 2.27. The molecule has 27 heavy (non-hydrogen) atoms. The number of nitrogens with zero attached hydrogens (tertiary/aromatic N) is 3. The van der Waals surface area contributed by atoms with Crippen LogP contribution in [0.4, 0.5) is 0 Å². The first-order valence-corrected chi connectivity index (χ1v) is 9.82. The molecule has 1 aliphatic rings. The van der Waals surface area contributed by atoms with E-state index in [9.17, 15) is 9.59 Å². The van der Waals surface area contributed by atoms with Crippen molar-refractivity contribution in [3.63, 3.8) is 0 Å². The third-order valence-electron chi connectivity index (χ3n) is 4.31. The molecule has 0 bridgehead atoms. The summed E-state index contributed by atoms with van der Waals surface area (Å²) in [5.74, 6) is 0.666. The van der Waals surface area contributed by atoms with Crippen LogP contribution in [0.25, 0.3) is 11.5 Å². The summed E-state index contributed by atoms with van der Waals surface area (Å²) in [6.45, 7) is 3.56. The molecule has 1 aromatic carbocycles. The van der Waals surface area contributed by atoms with Crippen molar-refractivity contribution in [2.24, 2.45) is 11.7 Å². The van der Waals surface area contributed by atoms with E-state index in [1.807, 2.05) is 31.2 Å². The fraction of sp³-hybridized carbons (Fsp3) is 0.444. The number of primary amides is 1. The fourth-order valence-corrected chi connectivity index (χ4v) is 3.56. The third-order valence-corrected chi connectivity index (χ3v) is 5.12. The van der Waals surface area contributed by atoms with Crippen LogP contribution >= 0.6 is 11.8 Å². The van der Waals surface area contributed by atoms with Crippen molar-refractivity contribution in [3.05, 3.63) is 24.3 Å². The number of rotatable bonds is 7. The van der Waals surface area contributed by atoms with Gasteiger partial charge in [0.25, 0.3) is 5.22 Å². The number of carbonyl (C=O) groups is 2. The van der Waals surface area contributed by atoms with Gasteiger partial charge in [-0.1, -0.05) is 11.8 Å². The summed E-state index contributed by atoms with van der Waals surface area (Å²) < 4.78 is 11.0. The predicted octanol–water partition coefficient (Wildman–Crippen LogP) is 1.95. The van der Waals surface area contributed by atoms with E-state index >= 15 is 0 Å². The summed E-state index contributed by atoms with van der Waals surface area (Å²) in [6, 6.07) is 7.36. The van der Waals surface area contributed by atoms with Gasteiger partial charge in [-0.2, -0.15) is 0 Å². The van der Waals surface area contributed by atoms with Gasteiger partial charge >= 0.3 is 0 Å². The zero-order valence-electron chi connectivity index (χ0n) is 15.1. The number of nitrogens with two attached hydrogens (primary N) is 1. The van der Waals surface area contributed by atoms with E-state index in [1.54, 1.807) is 4.90 Å². The molecule has 2 aromatic rings. The molecule has 2 amide bonds. The highest BCUT2D eigenvalue weighted by atomic mass is 32.2. The second-order valence-electron chi connectivity index (χ2n) is 6.20. The molecule has 9 heteroatoms. The van der Waals surface area contributed by atoms with Crippen molar-refractivity contribution < 1.29 is 18.7 Å². The maximum absolute atomic E-state index is 12.4. The lowest BCUT2D eigenvalue weighted by Crippen LogP contribution is -2.44. The summed E-state index contributed by atoms with van der Waals surface area (Å²) in [7, 11) is 0. The van der Waals surface area contributed by atoms with Crippen LogP contribution in [0, 0.1) is 5.92 Å². The van der Waals surface area contributed by atoms with E-state index in [0.717, 1.165) is 24.2 Å². The average molecular weight is 390 g/mol. The standard InChI is InChI=1S/C18H22N4O4S/c1-2-25-14-7-5-12(6-8-14)17-20-21-18(26-17)27-11-15(23)22-9-3-4-13(10-22)16(19)24/h5-8,13H,2-4,9-11H2,1H3,(H2,19,24)/t13-/m1/s1. The Morgan fingerprint density at radius 2 is 2.11 bits per heavy atom. The van der Waals surface area contributed by atoms with Crippen LogP contribution in [0.15, 0.2) is 33.9 Å². The lowest BCUT2D eigenvalue weighted by atomic mass is 9.97. The van der Waals surface area contributed by atoms with Gasteiger partial charge in [-0.05, 0) is 44.0 Å². The molecule has 0 aliphatic carbocycles. The van der Waals surface area contributed by atoms with Gasteiger partial charge in [-0.25, -0.2) is 0 Å². The molecular weight excluding hydrogens is 368 g/mol. The number of carbonyl (C=O) groups excluding carboxylic acids is 2. The fourth-order valence-electron chi connectivity index (χ4n) is 2.90. The third kappa shape index (κ3) is 5.00. The molecule has 1 aliphatic heterocycles. The minimum absolute atomic E-state index is 0.0632. The Morgan fingerprint density at radius 3 is 2.81 bits per heavy atom. The summed E-state index contributed by atoms with van der Waals surface area (Å²) in [5.41, 5.74) is 6.14. The number of thioether (sulfide) groups is 1. The van der Waals surface area contributed by atoms with E-state index in [-0.39, 0.29) is 23.5 Å². The first kappa shape index (κ1) is 19.2. The lowest BCUT2D eigenvalue weighted by molar-refractivity contribution is -0.132. The van der Waals surface area contributed by atoms with Gasteiger partial charge < -0.3 is 19.8 Å². The molecule has 0 spiro atoms. The average Bonchev–Trinajstić information content (AvgIpc) is 3.16. The summed E-state index contributed by atoms with van der Waals surface area (Å²) in [5, 5.41) is 8.33. The first-order valence-electron chi connectivity index (χ1n) is 8.83. The van der Waals surface area contributed by atoms with Gasteiger partial charge in [0.05, 0.1) is 18.3 Å². The maximum Gasteiger partial charge on any atom is 0.277 e. The number of benzene rings is 1. The van der Waals surface area contributed by atoms with Gasteiger partial charge in [-0.3, -0.25) is 9.59 Å². The van der Waals surface area contributed by atoms with Crippen LogP contribution in [0.3, 0.4) is 0 Å². The van der Waals surface area contributed by atoms with Crippen LogP contribution < -0.4 is 10.5 Å². The molecule has 2 N–H and O–H groups in total. The number of piperidine rings is 1. The number of hydrogen-bond acceptors (Lipinski definition) is 7. The minimum Gasteiger partial charge on any atom is -0.494 e. The quantitative estimate of drug-likeness (QED) is 0.719. The smallest absolute Gasteiger partial charge is 0.277 e. The molecule has 3 rings (SSSR count). The predicted molar refractivity (Wildman–Crippen MR) is 100 cm³/mol. The highest BCUT2D eigenvalue weighted by molar-refractivity contribution is 7.99. The highest BCUT2D eigenvalue weighted by Crippen LogP contribution is 2.25. The van der Waals surface area contributed by atoms with Gasteiger partial charge in [-0.15, -0.1) is 10.2 Å². The molecule has 8 nitrogen and oxygen atoms in total. The molecule has 144 valence electrons. The Hall–Kier alpha value is -2.55. The lowest BCUT2D eigenvalue weighted by Gasteiger charge is -2.31. The molecule has 0 radical (unpaired) electrons. The second kappa shape index (κ2) is 8.90. The normalized spacial score (nSPS) is 16.9. The Balaban J connectivity index is 1.54. The molecule has 1 atom stereocenters.